The van der Waals surface area contributed by atoms with Crippen LogP contribution in [0, 0.1) is 0 Å². The highest BCUT2D eigenvalue weighted by Gasteiger charge is 2.37. The van der Waals surface area contributed by atoms with Crippen LogP contribution in [0.3, 0.4) is 0 Å². The molecule has 7 aromatic rings. The van der Waals surface area contributed by atoms with E-state index in [2.05, 4.69) is 28.2 Å². The zero-order chi connectivity index (χ0) is 31.3. The van der Waals surface area contributed by atoms with Gasteiger partial charge in [0.1, 0.15) is 0 Å². The van der Waals surface area contributed by atoms with Crippen molar-refractivity contribution in [3.63, 3.8) is 0 Å². The van der Waals surface area contributed by atoms with E-state index in [9.17, 15) is 26.3 Å². The van der Waals surface area contributed by atoms with E-state index in [0.717, 1.165) is 61.0 Å². The average Bonchev–Trinajstić information content (AvgIpc) is 3.43. The van der Waals surface area contributed by atoms with Crippen LogP contribution in [-0.4, -0.2) is 9.97 Å². The summed E-state index contributed by atoms with van der Waals surface area (Å²) in [5.74, 6) is 0. The fourth-order valence-corrected chi connectivity index (χ4v) is 6.94. The normalized spacial score (nSPS) is 12.2. The Hall–Kier alpha value is -5.02. The lowest BCUT2D eigenvalue weighted by Crippen LogP contribution is -2.11. The van der Waals surface area contributed by atoms with Gasteiger partial charge in [0.15, 0.2) is 0 Å². The van der Waals surface area contributed by atoms with Crippen LogP contribution in [0.4, 0.5) is 26.3 Å². The number of alkyl halides is 6. The summed E-state index contributed by atoms with van der Waals surface area (Å²) < 4.78 is 83.7. The molecule has 0 bridgehead atoms. The van der Waals surface area contributed by atoms with Crippen molar-refractivity contribution in [2.45, 2.75) is 12.4 Å². The Morgan fingerprint density at radius 3 is 1.31 bits per heavy atom. The van der Waals surface area contributed by atoms with Crippen molar-refractivity contribution in [2.75, 3.05) is 0 Å². The van der Waals surface area contributed by atoms with Crippen LogP contribution in [0.5, 0.6) is 0 Å². The van der Waals surface area contributed by atoms with Gasteiger partial charge >= 0.3 is 12.4 Å². The molecule has 0 aliphatic carbocycles. The summed E-state index contributed by atoms with van der Waals surface area (Å²) in [6.45, 7) is 0. The number of rotatable bonds is 4. The first-order chi connectivity index (χ1) is 21.6. The number of fused-ring (bicyclic) bond motifs is 3. The van der Waals surface area contributed by atoms with Gasteiger partial charge in [0.25, 0.3) is 0 Å². The molecular formula is C36H20F6N2S. The summed E-state index contributed by atoms with van der Waals surface area (Å²) in [6.07, 6.45) is -2.92. The number of halogens is 6. The molecule has 3 aromatic heterocycles. The third-order valence-electron chi connectivity index (χ3n) is 7.66. The molecule has 0 saturated heterocycles. The standard InChI is InChI=1S/C36H20F6N2S/c37-35(38,39)27-16-26(17-28(18-27)36(40,41)42)30-8-2-10-32-31-9-1-7-29(33(31)45-34(30)32)25-14-23(21-5-3-11-43-19-21)13-24(15-25)22-6-4-12-44-20-22/h1-20H. The predicted molar refractivity (Wildman–Crippen MR) is 167 cm³/mol. The Labute approximate surface area is 257 Å². The number of nitrogens with zero attached hydrogens (tertiary/aromatic N) is 2. The summed E-state index contributed by atoms with van der Waals surface area (Å²) in [5.41, 5.74) is 2.94. The summed E-state index contributed by atoms with van der Waals surface area (Å²) in [6, 6.07) is 26.4. The average molecular weight is 627 g/mol. The molecule has 45 heavy (non-hydrogen) atoms. The van der Waals surface area contributed by atoms with E-state index in [1.807, 2.05) is 48.5 Å². The second-order valence-electron chi connectivity index (χ2n) is 10.5. The van der Waals surface area contributed by atoms with Gasteiger partial charge in [-0.3, -0.25) is 9.97 Å². The molecule has 0 aliphatic rings. The van der Waals surface area contributed by atoms with Crippen molar-refractivity contribution >= 4 is 31.5 Å². The molecule has 0 N–H and O–H groups in total. The highest BCUT2D eigenvalue weighted by molar-refractivity contribution is 7.26. The zero-order valence-electron chi connectivity index (χ0n) is 23.1. The number of hydrogen-bond acceptors (Lipinski definition) is 3. The predicted octanol–water partition coefficient (Wildman–Crippen LogP) is 11.6. The van der Waals surface area contributed by atoms with Crippen molar-refractivity contribution in [1.82, 2.24) is 9.97 Å². The van der Waals surface area contributed by atoms with Crippen molar-refractivity contribution in [3.05, 3.63) is 133 Å². The van der Waals surface area contributed by atoms with E-state index in [0.29, 0.717) is 10.3 Å². The molecule has 3 heterocycles. The molecule has 0 unspecified atom stereocenters. The highest BCUT2D eigenvalue weighted by atomic mass is 32.1. The maximum absolute atomic E-state index is 13.7. The van der Waals surface area contributed by atoms with E-state index in [1.165, 1.54) is 11.3 Å². The Morgan fingerprint density at radius 1 is 0.444 bits per heavy atom. The first kappa shape index (κ1) is 28.7. The van der Waals surface area contributed by atoms with E-state index in [-0.39, 0.29) is 11.6 Å². The number of hydrogen-bond donors (Lipinski definition) is 0. The molecule has 0 aliphatic heterocycles. The van der Waals surface area contributed by atoms with Gasteiger partial charge in [-0.2, -0.15) is 26.3 Å². The number of aromatic nitrogens is 2. The molecule has 7 rings (SSSR count). The van der Waals surface area contributed by atoms with E-state index in [1.54, 1.807) is 36.9 Å². The first-order valence-corrected chi connectivity index (χ1v) is 14.6. The van der Waals surface area contributed by atoms with Gasteiger partial charge in [-0.05, 0) is 81.9 Å². The summed E-state index contributed by atoms with van der Waals surface area (Å²) >= 11 is 1.35. The highest BCUT2D eigenvalue weighted by Crippen LogP contribution is 2.46. The quantitative estimate of drug-likeness (QED) is 0.182. The van der Waals surface area contributed by atoms with Gasteiger partial charge in [0.2, 0.25) is 0 Å². The van der Waals surface area contributed by atoms with Crippen molar-refractivity contribution in [1.29, 1.82) is 0 Å². The van der Waals surface area contributed by atoms with Gasteiger partial charge in [0, 0.05) is 56.1 Å². The lowest BCUT2D eigenvalue weighted by atomic mass is 9.93. The topological polar surface area (TPSA) is 25.8 Å². The van der Waals surface area contributed by atoms with Crippen molar-refractivity contribution in [2.24, 2.45) is 0 Å². The fourth-order valence-electron chi connectivity index (χ4n) is 5.57. The lowest BCUT2D eigenvalue weighted by Gasteiger charge is -2.14. The smallest absolute Gasteiger partial charge is 0.264 e. The Kier molecular flexibility index (Phi) is 6.93. The van der Waals surface area contributed by atoms with Crippen LogP contribution in [0.1, 0.15) is 11.1 Å². The van der Waals surface area contributed by atoms with Gasteiger partial charge < -0.3 is 0 Å². The molecular weight excluding hydrogens is 606 g/mol. The summed E-state index contributed by atoms with van der Waals surface area (Å²) in [4.78, 5) is 8.55. The SMILES string of the molecule is FC(F)(F)c1cc(-c2cccc3c2sc2c(-c4cc(-c5cccnc5)cc(-c5cccnc5)c4)cccc23)cc(C(F)(F)F)c1. The van der Waals surface area contributed by atoms with Crippen LogP contribution >= 0.6 is 11.3 Å². The van der Waals surface area contributed by atoms with Gasteiger partial charge in [-0.25, -0.2) is 0 Å². The van der Waals surface area contributed by atoms with Crippen LogP contribution in [0.25, 0.3) is 64.7 Å². The Balaban J connectivity index is 1.46. The minimum atomic E-state index is -4.94. The third kappa shape index (κ3) is 5.44. The Bertz CT molecular complexity index is 2100. The summed E-state index contributed by atoms with van der Waals surface area (Å²) in [5, 5.41) is 1.60. The van der Waals surface area contributed by atoms with Gasteiger partial charge in [-0.1, -0.05) is 48.5 Å². The molecule has 2 nitrogen and oxygen atoms in total. The minimum Gasteiger partial charge on any atom is -0.264 e. The molecule has 9 heteroatoms. The third-order valence-corrected chi connectivity index (χ3v) is 8.94. The first-order valence-electron chi connectivity index (χ1n) is 13.8. The molecule has 0 atom stereocenters. The summed E-state index contributed by atoms with van der Waals surface area (Å²) in [7, 11) is 0. The molecule has 0 amide bonds. The number of benzene rings is 4. The lowest BCUT2D eigenvalue weighted by molar-refractivity contribution is -0.143. The maximum atomic E-state index is 13.7. The molecule has 222 valence electrons. The maximum Gasteiger partial charge on any atom is 0.416 e. The largest absolute Gasteiger partial charge is 0.416 e. The van der Waals surface area contributed by atoms with E-state index < -0.39 is 23.5 Å². The van der Waals surface area contributed by atoms with Crippen molar-refractivity contribution in [3.8, 4) is 44.5 Å². The number of thiophene rings is 1. The fraction of sp³-hybridized carbons (Fsp3) is 0.0556. The molecule has 0 fully saturated rings. The molecule has 0 radical (unpaired) electrons. The molecule has 4 aromatic carbocycles. The van der Waals surface area contributed by atoms with E-state index >= 15 is 0 Å². The minimum absolute atomic E-state index is 0.145. The monoisotopic (exact) mass is 626 g/mol. The molecule has 0 spiro atoms. The van der Waals surface area contributed by atoms with Crippen LogP contribution in [0.2, 0.25) is 0 Å². The second-order valence-corrected chi connectivity index (χ2v) is 11.6. The zero-order valence-corrected chi connectivity index (χ0v) is 23.9. The van der Waals surface area contributed by atoms with E-state index in [4.69, 9.17) is 0 Å². The number of pyridine rings is 2. The van der Waals surface area contributed by atoms with Crippen LogP contribution in [0.15, 0.2) is 122 Å². The van der Waals surface area contributed by atoms with Gasteiger partial charge in [-0.15, -0.1) is 11.3 Å². The Morgan fingerprint density at radius 2 is 0.889 bits per heavy atom. The van der Waals surface area contributed by atoms with Gasteiger partial charge in [0.05, 0.1) is 11.1 Å². The molecule has 0 saturated carbocycles. The second kappa shape index (κ2) is 10.9. The van der Waals surface area contributed by atoms with Crippen LogP contribution in [-0.2, 0) is 12.4 Å². The van der Waals surface area contributed by atoms with Crippen LogP contribution < -0.4 is 0 Å². The van der Waals surface area contributed by atoms with Crippen molar-refractivity contribution < 1.29 is 26.3 Å².